The molecule has 114 valence electrons. The number of ether oxygens (including phenoxy) is 1. The Kier molecular flexibility index (Phi) is 4.40. The third-order valence-corrected chi connectivity index (χ3v) is 3.73. The van der Waals surface area contributed by atoms with Gasteiger partial charge in [-0.05, 0) is 31.6 Å². The van der Waals surface area contributed by atoms with Crippen LogP contribution in [0.25, 0.3) is 0 Å². The number of hydrogen-bond donors (Lipinski definition) is 1. The second-order valence-electron chi connectivity index (χ2n) is 5.36. The first-order valence-electron chi connectivity index (χ1n) is 6.76. The quantitative estimate of drug-likeness (QED) is 0.679. The van der Waals surface area contributed by atoms with Crippen molar-refractivity contribution in [2.75, 3.05) is 0 Å². The molecular formula is C14H16FNO5. The van der Waals surface area contributed by atoms with Crippen LogP contribution in [-0.4, -0.2) is 22.1 Å². The van der Waals surface area contributed by atoms with Crippen LogP contribution in [0.15, 0.2) is 12.1 Å². The van der Waals surface area contributed by atoms with E-state index in [4.69, 9.17) is 9.84 Å². The van der Waals surface area contributed by atoms with Crippen LogP contribution in [0.1, 0.15) is 43.0 Å². The van der Waals surface area contributed by atoms with E-state index in [2.05, 4.69) is 6.92 Å². The fourth-order valence-corrected chi connectivity index (χ4v) is 2.48. The molecule has 0 aromatic heterocycles. The highest BCUT2D eigenvalue weighted by Crippen LogP contribution is 2.32. The van der Waals surface area contributed by atoms with Crippen molar-refractivity contribution in [3.8, 4) is 5.75 Å². The molecule has 1 fully saturated rings. The maximum atomic E-state index is 13.9. The predicted octanol–water partition coefficient (Wildman–Crippen LogP) is 3.39. The maximum Gasteiger partial charge on any atom is 0.342 e. The molecule has 6 nitrogen and oxygen atoms in total. The van der Waals surface area contributed by atoms with Crippen LogP contribution in [0.3, 0.4) is 0 Å². The summed E-state index contributed by atoms with van der Waals surface area (Å²) in [7, 11) is 0. The van der Waals surface area contributed by atoms with Crippen molar-refractivity contribution in [3.05, 3.63) is 33.6 Å². The van der Waals surface area contributed by atoms with Gasteiger partial charge in [-0.15, -0.1) is 0 Å². The van der Waals surface area contributed by atoms with Gasteiger partial charge in [-0.25, -0.2) is 9.18 Å². The van der Waals surface area contributed by atoms with Crippen LogP contribution in [0.4, 0.5) is 10.1 Å². The molecule has 1 N–H and O–H groups in total. The first-order valence-corrected chi connectivity index (χ1v) is 6.76. The lowest BCUT2D eigenvalue weighted by Crippen LogP contribution is -2.23. The Bertz CT molecular complexity index is 567. The van der Waals surface area contributed by atoms with Gasteiger partial charge in [0.1, 0.15) is 5.56 Å². The minimum absolute atomic E-state index is 0.182. The Morgan fingerprint density at radius 3 is 2.52 bits per heavy atom. The molecule has 0 bridgehead atoms. The van der Waals surface area contributed by atoms with Gasteiger partial charge in [0.25, 0.3) is 5.69 Å². The largest absolute Gasteiger partial charge is 0.487 e. The lowest BCUT2D eigenvalue weighted by atomic mass is 9.89. The van der Waals surface area contributed by atoms with E-state index in [0.717, 1.165) is 31.7 Å². The maximum absolute atomic E-state index is 13.9. The van der Waals surface area contributed by atoms with E-state index in [9.17, 15) is 19.3 Å². The van der Waals surface area contributed by atoms with Crippen LogP contribution >= 0.6 is 0 Å². The van der Waals surface area contributed by atoms with Crippen LogP contribution in [0, 0.1) is 21.8 Å². The van der Waals surface area contributed by atoms with Gasteiger partial charge in [-0.2, -0.15) is 0 Å². The molecule has 21 heavy (non-hydrogen) atoms. The van der Waals surface area contributed by atoms with Crippen LogP contribution in [-0.2, 0) is 0 Å². The SMILES string of the molecule is CC1CCC(Oc2cc(C(=O)O)c([N+](=O)[O-])cc2F)CC1. The predicted molar refractivity (Wildman–Crippen MR) is 72.1 cm³/mol. The Labute approximate surface area is 120 Å². The summed E-state index contributed by atoms with van der Waals surface area (Å²) in [5, 5.41) is 19.7. The van der Waals surface area contributed by atoms with E-state index in [-0.39, 0.29) is 11.9 Å². The van der Waals surface area contributed by atoms with Gasteiger partial charge in [0.15, 0.2) is 11.6 Å². The molecule has 0 aliphatic heterocycles. The topological polar surface area (TPSA) is 89.7 Å². The zero-order valence-corrected chi connectivity index (χ0v) is 11.5. The first-order chi connectivity index (χ1) is 9.88. The van der Waals surface area contributed by atoms with Gasteiger partial charge in [0, 0.05) is 6.07 Å². The fourth-order valence-electron chi connectivity index (χ4n) is 2.48. The molecule has 0 unspecified atom stereocenters. The number of rotatable bonds is 4. The number of aromatic carboxylic acids is 1. The number of benzene rings is 1. The normalized spacial score (nSPS) is 21.8. The minimum atomic E-state index is -1.48. The van der Waals surface area contributed by atoms with Gasteiger partial charge in [0.2, 0.25) is 0 Å². The fraction of sp³-hybridized carbons (Fsp3) is 0.500. The van der Waals surface area contributed by atoms with Crippen LogP contribution in [0.2, 0.25) is 0 Å². The lowest BCUT2D eigenvalue weighted by molar-refractivity contribution is -0.385. The molecule has 0 amide bonds. The van der Waals surface area contributed by atoms with Crippen molar-refractivity contribution in [1.29, 1.82) is 0 Å². The van der Waals surface area contributed by atoms with E-state index in [1.165, 1.54) is 0 Å². The summed E-state index contributed by atoms with van der Waals surface area (Å²) in [5.74, 6) is -2.03. The van der Waals surface area contributed by atoms with Crippen molar-refractivity contribution >= 4 is 11.7 Å². The van der Waals surface area contributed by atoms with E-state index in [1.807, 2.05) is 0 Å². The Morgan fingerprint density at radius 1 is 1.38 bits per heavy atom. The van der Waals surface area contributed by atoms with Crippen molar-refractivity contribution in [2.45, 2.75) is 38.7 Å². The summed E-state index contributed by atoms with van der Waals surface area (Å²) < 4.78 is 19.4. The number of halogens is 1. The summed E-state index contributed by atoms with van der Waals surface area (Å²) >= 11 is 0. The standard InChI is InChI=1S/C14H16FNO5/c1-8-2-4-9(5-3-8)21-13-6-10(14(17)18)12(16(19)20)7-11(13)15/h6-9H,2-5H2,1H3,(H,17,18). The summed E-state index contributed by atoms with van der Waals surface area (Å²) in [5.41, 5.74) is -1.34. The number of nitrogens with zero attached hydrogens (tertiary/aromatic N) is 1. The number of nitro groups is 1. The third kappa shape index (κ3) is 3.48. The van der Waals surface area contributed by atoms with Crippen molar-refractivity contribution in [3.63, 3.8) is 0 Å². The summed E-state index contributed by atoms with van der Waals surface area (Å²) in [6, 6.07) is 1.50. The highest BCUT2D eigenvalue weighted by atomic mass is 19.1. The Morgan fingerprint density at radius 2 is 2.00 bits per heavy atom. The highest BCUT2D eigenvalue weighted by molar-refractivity contribution is 5.92. The molecule has 0 spiro atoms. The number of carboxylic acid groups (broad SMARTS) is 1. The molecule has 7 heteroatoms. The minimum Gasteiger partial charge on any atom is -0.487 e. The molecule has 0 heterocycles. The third-order valence-electron chi connectivity index (χ3n) is 3.73. The van der Waals surface area contributed by atoms with Gasteiger partial charge in [-0.1, -0.05) is 6.92 Å². The Hall–Kier alpha value is -2.18. The molecule has 1 saturated carbocycles. The average molecular weight is 297 g/mol. The number of carboxylic acids is 1. The number of carbonyl (C=O) groups is 1. The molecular weight excluding hydrogens is 281 g/mol. The van der Waals surface area contributed by atoms with Gasteiger partial charge in [0.05, 0.1) is 17.1 Å². The molecule has 1 aromatic carbocycles. The van der Waals surface area contributed by atoms with Crippen molar-refractivity contribution in [2.24, 2.45) is 5.92 Å². The summed E-state index contributed by atoms with van der Waals surface area (Å²) in [6.07, 6.45) is 3.27. The molecule has 1 aliphatic rings. The van der Waals surface area contributed by atoms with Crippen molar-refractivity contribution in [1.82, 2.24) is 0 Å². The summed E-state index contributed by atoms with van der Waals surface area (Å²) in [4.78, 5) is 20.9. The molecule has 0 saturated heterocycles. The lowest BCUT2D eigenvalue weighted by Gasteiger charge is -2.27. The smallest absolute Gasteiger partial charge is 0.342 e. The van der Waals surface area contributed by atoms with Crippen LogP contribution < -0.4 is 4.74 Å². The van der Waals surface area contributed by atoms with E-state index in [1.54, 1.807) is 0 Å². The monoisotopic (exact) mass is 297 g/mol. The van der Waals surface area contributed by atoms with Gasteiger partial charge < -0.3 is 9.84 Å². The zero-order valence-electron chi connectivity index (χ0n) is 11.5. The second kappa shape index (κ2) is 6.07. The van der Waals surface area contributed by atoms with E-state index < -0.39 is 28.0 Å². The van der Waals surface area contributed by atoms with E-state index in [0.29, 0.717) is 12.0 Å². The molecule has 0 radical (unpaired) electrons. The first kappa shape index (κ1) is 15.2. The van der Waals surface area contributed by atoms with Gasteiger partial charge >= 0.3 is 5.97 Å². The van der Waals surface area contributed by atoms with Crippen LogP contribution in [0.5, 0.6) is 5.75 Å². The molecule has 2 rings (SSSR count). The molecule has 1 aliphatic carbocycles. The average Bonchev–Trinajstić information content (AvgIpc) is 2.42. The van der Waals surface area contributed by atoms with Crippen molar-refractivity contribution < 1.29 is 24.0 Å². The van der Waals surface area contributed by atoms with E-state index >= 15 is 0 Å². The molecule has 1 aromatic rings. The second-order valence-corrected chi connectivity index (χ2v) is 5.36. The molecule has 0 atom stereocenters. The summed E-state index contributed by atoms with van der Waals surface area (Å²) in [6.45, 7) is 2.13. The number of nitro benzene ring substituents is 1. The zero-order chi connectivity index (χ0) is 15.6. The van der Waals surface area contributed by atoms with Gasteiger partial charge in [-0.3, -0.25) is 10.1 Å². The number of hydrogen-bond acceptors (Lipinski definition) is 4. The highest BCUT2D eigenvalue weighted by Gasteiger charge is 2.26. The Balaban J connectivity index is 2.25.